The Hall–Kier alpha value is -4.27. The maximum atomic E-state index is 13.4. The molecule has 0 aliphatic carbocycles. The molecule has 4 aromatic rings. The Kier molecular flexibility index (Phi) is 5.45. The van der Waals surface area contributed by atoms with Crippen molar-refractivity contribution in [2.24, 2.45) is 7.05 Å². The molecule has 0 saturated heterocycles. The van der Waals surface area contributed by atoms with Gasteiger partial charge in [-0.3, -0.25) is 13.9 Å². The van der Waals surface area contributed by atoms with Crippen LogP contribution in [0.1, 0.15) is 5.56 Å². The van der Waals surface area contributed by atoms with Gasteiger partial charge in [0.15, 0.2) is 11.2 Å². The molecule has 0 saturated carbocycles. The molecule has 0 N–H and O–H groups in total. The minimum absolute atomic E-state index is 0.171. The molecule has 0 spiro atoms. The van der Waals surface area contributed by atoms with Crippen molar-refractivity contribution in [2.45, 2.75) is 13.1 Å². The molecule has 2 aromatic heterocycles. The first-order chi connectivity index (χ1) is 16.5. The summed E-state index contributed by atoms with van der Waals surface area (Å²) in [6, 6.07) is 15.3. The molecule has 9 nitrogen and oxygen atoms in total. The van der Waals surface area contributed by atoms with Crippen LogP contribution >= 0.6 is 0 Å². The van der Waals surface area contributed by atoms with Gasteiger partial charge >= 0.3 is 5.69 Å². The highest BCUT2D eigenvalue weighted by atomic mass is 16.5. The minimum Gasteiger partial charge on any atom is -0.497 e. The molecule has 5 rings (SSSR count). The fourth-order valence-electron chi connectivity index (χ4n) is 4.33. The van der Waals surface area contributed by atoms with E-state index in [-0.39, 0.29) is 12.1 Å². The summed E-state index contributed by atoms with van der Waals surface area (Å²) in [6.45, 7) is 1.34. The zero-order valence-electron chi connectivity index (χ0n) is 19.3. The molecule has 0 unspecified atom stereocenters. The lowest BCUT2D eigenvalue weighted by Gasteiger charge is -2.19. The molecule has 3 heterocycles. The number of nitrogens with zero attached hydrogens (tertiary/aromatic N) is 5. The Morgan fingerprint density at radius 2 is 1.82 bits per heavy atom. The van der Waals surface area contributed by atoms with Crippen LogP contribution in [0.25, 0.3) is 17.2 Å². The third-order valence-corrected chi connectivity index (χ3v) is 6.08. The molecule has 9 heteroatoms. The molecule has 2 aromatic carbocycles. The Balaban J connectivity index is 1.60. The number of anilines is 2. The number of aromatic nitrogens is 4. The van der Waals surface area contributed by atoms with E-state index in [0.717, 1.165) is 11.3 Å². The minimum atomic E-state index is -0.405. The maximum Gasteiger partial charge on any atom is 0.332 e. The molecular weight excluding hydrogens is 434 g/mol. The van der Waals surface area contributed by atoms with Crippen molar-refractivity contribution < 1.29 is 9.47 Å². The van der Waals surface area contributed by atoms with Crippen LogP contribution in [0.5, 0.6) is 11.5 Å². The Labute approximate surface area is 195 Å². The van der Waals surface area contributed by atoms with Gasteiger partial charge in [-0.1, -0.05) is 42.5 Å². The first kappa shape index (κ1) is 21.6. The van der Waals surface area contributed by atoms with E-state index >= 15 is 0 Å². The third kappa shape index (κ3) is 3.45. The van der Waals surface area contributed by atoms with E-state index in [0.29, 0.717) is 41.7 Å². The number of methoxy groups -OCH3 is 2. The fourth-order valence-corrected chi connectivity index (χ4v) is 4.33. The number of benzene rings is 2. The second-order valence-electron chi connectivity index (χ2n) is 8.00. The van der Waals surface area contributed by atoms with Crippen molar-refractivity contribution in [1.82, 2.24) is 18.7 Å². The van der Waals surface area contributed by atoms with Crippen LogP contribution in [0.4, 0.5) is 11.6 Å². The van der Waals surface area contributed by atoms with Crippen molar-refractivity contribution >= 4 is 28.9 Å². The van der Waals surface area contributed by atoms with Crippen molar-refractivity contribution in [3.05, 3.63) is 81.0 Å². The van der Waals surface area contributed by atoms with E-state index in [1.807, 2.05) is 70.1 Å². The highest BCUT2D eigenvalue weighted by molar-refractivity contribution is 5.79. The van der Waals surface area contributed by atoms with Crippen LogP contribution in [0.2, 0.25) is 0 Å². The monoisotopic (exact) mass is 459 g/mol. The van der Waals surface area contributed by atoms with E-state index in [2.05, 4.69) is 0 Å². The van der Waals surface area contributed by atoms with Gasteiger partial charge in [0.05, 0.1) is 19.9 Å². The predicted molar refractivity (Wildman–Crippen MR) is 131 cm³/mol. The second-order valence-corrected chi connectivity index (χ2v) is 8.00. The Morgan fingerprint density at radius 1 is 1.03 bits per heavy atom. The van der Waals surface area contributed by atoms with Crippen LogP contribution in [0.3, 0.4) is 0 Å². The normalized spacial score (nSPS) is 13.1. The van der Waals surface area contributed by atoms with E-state index in [9.17, 15) is 9.59 Å². The highest BCUT2D eigenvalue weighted by Crippen LogP contribution is 2.39. The summed E-state index contributed by atoms with van der Waals surface area (Å²) >= 11 is 0. The largest absolute Gasteiger partial charge is 0.497 e. The molecule has 0 amide bonds. The van der Waals surface area contributed by atoms with Crippen molar-refractivity contribution in [1.29, 1.82) is 0 Å². The fraction of sp³-hybridized carbons (Fsp3) is 0.240. The van der Waals surface area contributed by atoms with Gasteiger partial charge in [0.2, 0.25) is 5.95 Å². The Morgan fingerprint density at radius 3 is 2.56 bits per heavy atom. The molecule has 1 aliphatic rings. The topological polar surface area (TPSA) is 83.5 Å². The summed E-state index contributed by atoms with van der Waals surface area (Å²) in [5.41, 5.74) is 1.80. The lowest BCUT2D eigenvalue weighted by Crippen LogP contribution is -2.39. The SMILES string of the molecule is COc1ccc(OC)c(N2CCn3c2nc2c3c(=O)n(C/C=C/c3ccccc3)c(=O)n2C)c1. The van der Waals surface area contributed by atoms with Crippen molar-refractivity contribution in [3.8, 4) is 11.5 Å². The van der Waals surface area contributed by atoms with Crippen LogP contribution in [0.15, 0.2) is 64.2 Å². The molecule has 0 bridgehead atoms. The summed E-state index contributed by atoms with van der Waals surface area (Å²) in [5.74, 6) is 1.94. The standard InChI is InChI=1S/C25H25N5O4/c1-27-22-21(23(31)30(25(27)32)13-7-10-17-8-5-4-6-9-17)29-15-14-28(24(29)26-22)19-16-18(33-2)11-12-20(19)34-3/h4-12,16H,13-15H2,1-3H3/b10-7+. The lowest BCUT2D eigenvalue weighted by atomic mass is 10.2. The molecule has 0 fully saturated rings. The zero-order valence-corrected chi connectivity index (χ0v) is 19.3. The van der Waals surface area contributed by atoms with E-state index < -0.39 is 5.69 Å². The van der Waals surface area contributed by atoms with Gasteiger partial charge < -0.3 is 18.9 Å². The average Bonchev–Trinajstić information content (AvgIpc) is 3.44. The number of hydrogen-bond acceptors (Lipinski definition) is 6. The van der Waals surface area contributed by atoms with Gasteiger partial charge in [-0.05, 0) is 17.7 Å². The van der Waals surface area contributed by atoms with Gasteiger partial charge in [-0.2, -0.15) is 4.98 Å². The van der Waals surface area contributed by atoms with Crippen LogP contribution in [-0.2, 0) is 20.1 Å². The first-order valence-corrected chi connectivity index (χ1v) is 10.9. The second kappa shape index (κ2) is 8.58. The van der Waals surface area contributed by atoms with Crippen molar-refractivity contribution in [2.75, 3.05) is 25.7 Å². The smallest absolute Gasteiger partial charge is 0.332 e. The number of ether oxygens (including phenoxy) is 2. The number of hydrogen-bond donors (Lipinski definition) is 0. The number of fused-ring (bicyclic) bond motifs is 3. The van der Waals surface area contributed by atoms with Crippen LogP contribution < -0.4 is 25.6 Å². The summed E-state index contributed by atoms with van der Waals surface area (Å²) in [4.78, 5) is 33.1. The third-order valence-electron chi connectivity index (χ3n) is 6.08. The number of aryl methyl sites for hydroxylation is 1. The lowest BCUT2D eigenvalue weighted by molar-refractivity contribution is 0.403. The summed E-state index contributed by atoms with van der Waals surface area (Å²) in [6.07, 6.45) is 3.71. The molecule has 0 radical (unpaired) electrons. The summed E-state index contributed by atoms with van der Waals surface area (Å²) in [5, 5.41) is 0. The van der Waals surface area contributed by atoms with Gasteiger partial charge in [0.25, 0.3) is 5.56 Å². The maximum absolute atomic E-state index is 13.4. The molecule has 34 heavy (non-hydrogen) atoms. The number of imidazole rings is 1. The van der Waals surface area contributed by atoms with E-state index in [4.69, 9.17) is 14.5 Å². The quantitative estimate of drug-likeness (QED) is 0.441. The van der Waals surface area contributed by atoms with Crippen LogP contribution in [-0.4, -0.2) is 39.4 Å². The molecule has 174 valence electrons. The molecule has 0 atom stereocenters. The first-order valence-electron chi connectivity index (χ1n) is 10.9. The predicted octanol–water partition coefficient (Wildman–Crippen LogP) is 2.78. The highest BCUT2D eigenvalue weighted by Gasteiger charge is 2.30. The number of rotatable bonds is 6. The van der Waals surface area contributed by atoms with Gasteiger partial charge in [0, 0.05) is 32.7 Å². The zero-order chi connectivity index (χ0) is 23.8. The van der Waals surface area contributed by atoms with Crippen molar-refractivity contribution in [3.63, 3.8) is 0 Å². The summed E-state index contributed by atoms with van der Waals surface area (Å²) < 4.78 is 15.5. The molecular formula is C25H25N5O4. The van der Waals surface area contributed by atoms with Crippen LogP contribution in [0, 0.1) is 0 Å². The van der Waals surface area contributed by atoms with E-state index in [1.54, 1.807) is 21.3 Å². The van der Waals surface area contributed by atoms with Gasteiger partial charge in [0.1, 0.15) is 11.5 Å². The Bertz CT molecular complexity index is 1510. The number of allylic oxidation sites excluding steroid dienone is 1. The van der Waals surface area contributed by atoms with E-state index in [1.165, 1.54) is 9.13 Å². The average molecular weight is 460 g/mol. The molecule has 1 aliphatic heterocycles. The van der Waals surface area contributed by atoms with Gasteiger partial charge in [-0.25, -0.2) is 4.79 Å². The summed E-state index contributed by atoms with van der Waals surface area (Å²) in [7, 11) is 4.85. The van der Waals surface area contributed by atoms with Gasteiger partial charge in [-0.15, -0.1) is 0 Å².